The molecular formula is C13H21NO5. The van der Waals surface area contributed by atoms with Crippen LogP contribution in [0, 0.1) is 5.92 Å². The van der Waals surface area contributed by atoms with Crippen LogP contribution in [-0.4, -0.2) is 31.1 Å². The van der Waals surface area contributed by atoms with Gasteiger partial charge in [0, 0.05) is 6.92 Å². The molecule has 0 spiro atoms. The molecule has 19 heavy (non-hydrogen) atoms. The second-order valence-corrected chi connectivity index (χ2v) is 3.74. The number of allylic oxidation sites excluding steroid dienone is 1. The molecule has 0 saturated heterocycles. The van der Waals surface area contributed by atoms with Crippen molar-refractivity contribution in [2.75, 3.05) is 13.2 Å². The van der Waals surface area contributed by atoms with E-state index in [1.165, 1.54) is 13.1 Å². The van der Waals surface area contributed by atoms with Gasteiger partial charge in [0.15, 0.2) is 5.92 Å². The lowest BCUT2D eigenvalue weighted by atomic mass is 10.0. The van der Waals surface area contributed by atoms with Crippen LogP contribution < -0.4 is 5.32 Å². The Hall–Kier alpha value is -1.85. The van der Waals surface area contributed by atoms with E-state index in [-0.39, 0.29) is 25.5 Å². The average Bonchev–Trinajstić information content (AvgIpc) is 2.33. The predicted molar refractivity (Wildman–Crippen MR) is 68.9 cm³/mol. The van der Waals surface area contributed by atoms with Crippen molar-refractivity contribution in [2.24, 2.45) is 5.92 Å². The lowest BCUT2D eigenvalue weighted by molar-refractivity contribution is -0.161. The highest BCUT2D eigenvalue weighted by atomic mass is 16.6. The SMILES string of the molecule is CCOC(=O)C(CCC=CNC(C)=O)C(=O)OCC. The fourth-order valence-corrected chi connectivity index (χ4v) is 1.34. The molecule has 0 aliphatic carbocycles. The fraction of sp³-hybridized carbons (Fsp3) is 0.615. The van der Waals surface area contributed by atoms with Crippen LogP contribution in [0.2, 0.25) is 0 Å². The molecule has 6 heteroatoms. The molecule has 0 aromatic rings. The van der Waals surface area contributed by atoms with Crippen molar-refractivity contribution >= 4 is 17.8 Å². The van der Waals surface area contributed by atoms with E-state index in [0.29, 0.717) is 6.42 Å². The van der Waals surface area contributed by atoms with Crippen LogP contribution >= 0.6 is 0 Å². The van der Waals surface area contributed by atoms with Crippen LogP contribution in [0.15, 0.2) is 12.3 Å². The Kier molecular flexibility index (Phi) is 9.12. The molecule has 0 aromatic carbocycles. The first kappa shape index (κ1) is 17.2. The van der Waals surface area contributed by atoms with Gasteiger partial charge in [0.2, 0.25) is 5.91 Å². The summed E-state index contributed by atoms with van der Waals surface area (Å²) in [5.74, 6) is -2.24. The molecule has 0 aromatic heterocycles. The van der Waals surface area contributed by atoms with Gasteiger partial charge in [-0.15, -0.1) is 0 Å². The number of rotatable bonds is 8. The number of esters is 2. The van der Waals surface area contributed by atoms with Crippen LogP contribution in [0.25, 0.3) is 0 Å². The Morgan fingerprint density at radius 2 is 1.63 bits per heavy atom. The summed E-state index contributed by atoms with van der Waals surface area (Å²) in [6.07, 6.45) is 3.90. The van der Waals surface area contributed by atoms with Crippen molar-refractivity contribution in [1.29, 1.82) is 0 Å². The number of carbonyl (C=O) groups excluding carboxylic acids is 3. The van der Waals surface area contributed by atoms with Gasteiger partial charge in [0.1, 0.15) is 0 Å². The monoisotopic (exact) mass is 271 g/mol. The summed E-state index contributed by atoms with van der Waals surface area (Å²) in [6.45, 7) is 5.19. The van der Waals surface area contributed by atoms with Crippen molar-refractivity contribution in [3.05, 3.63) is 12.3 Å². The van der Waals surface area contributed by atoms with Crippen molar-refractivity contribution in [3.63, 3.8) is 0 Å². The van der Waals surface area contributed by atoms with E-state index in [9.17, 15) is 14.4 Å². The first-order valence-electron chi connectivity index (χ1n) is 6.28. The molecule has 0 aliphatic rings. The number of hydrogen-bond acceptors (Lipinski definition) is 5. The third-order valence-corrected chi connectivity index (χ3v) is 2.17. The zero-order valence-corrected chi connectivity index (χ0v) is 11.6. The largest absolute Gasteiger partial charge is 0.465 e. The highest BCUT2D eigenvalue weighted by Gasteiger charge is 2.28. The molecule has 108 valence electrons. The van der Waals surface area contributed by atoms with Gasteiger partial charge in [0.05, 0.1) is 13.2 Å². The Labute approximate surface area is 113 Å². The minimum absolute atomic E-state index is 0.177. The van der Waals surface area contributed by atoms with Gasteiger partial charge in [-0.25, -0.2) is 0 Å². The number of ether oxygens (including phenoxy) is 2. The first-order valence-corrected chi connectivity index (χ1v) is 6.28. The summed E-state index contributed by atoms with van der Waals surface area (Å²) in [6, 6.07) is 0. The summed E-state index contributed by atoms with van der Waals surface area (Å²) in [5, 5.41) is 2.48. The fourth-order valence-electron chi connectivity index (χ4n) is 1.34. The standard InChI is InChI=1S/C13H21NO5/c1-4-18-12(16)11(13(17)19-5-2)8-6-7-9-14-10(3)15/h7,9,11H,4-6,8H2,1-3H3,(H,14,15). The van der Waals surface area contributed by atoms with E-state index in [1.807, 2.05) is 0 Å². The lowest BCUT2D eigenvalue weighted by Crippen LogP contribution is -2.28. The molecule has 0 radical (unpaired) electrons. The van der Waals surface area contributed by atoms with Crippen LogP contribution in [0.5, 0.6) is 0 Å². The molecule has 0 unspecified atom stereocenters. The highest BCUT2D eigenvalue weighted by Crippen LogP contribution is 2.12. The normalized spacial score (nSPS) is 10.5. The average molecular weight is 271 g/mol. The summed E-state index contributed by atoms with van der Waals surface area (Å²) >= 11 is 0. The number of amides is 1. The van der Waals surface area contributed by atoms with E-state index in [4.69, 9.17) is 9.47 Å². The molecule has 0 bridgehead atoms. The highest BCUT2D eigenvalue weighted by molar-refractivity contribution is 5.94. The molecule has 0 rings (SSSR count). The maximum Gasteiger partial charge on any atom is 0.320 e. The predicted octanol–water partition coefficient (Wildman–Crippen LogP) is 1.16. The van der Waals surface area contributed by atoms with Gasteiger partial charge >= 0.3 is 11.9 Å². The molecule has 0 saturated carbocycles. The maximum atomic E-state index is 11.6. The van der Waals surface area contributed by atoms with Crippen molar-refractivity contribution in [2.45, 2.75) is 33.6 Å². The van der Waals surface area contributed by atoms with Crippen LogP contribution in [0.3, 0.4) is 0 Å². The third-order valence-electron chi connectivity index (χ3n) is 2.17. The maximum absolute atomic E-state index is 11.6. The van der Waals surface area contributed by atoms with Crippen molar-refractivity contribution in [3.8, 4) is 0 Å². The van der Waals surface area contributed by atoms with E-state index in [2.05, 4.69) is 5.32 Å². The molecule has 6 nitrogen and oxygen atoms in total. The minimum atomic E-state index is -0.915. The molecule has 0 heterocycles. The molecule has 1 amide bonds. The second-order valence-electron chi connectivity index (χ2n) is 3.74. The van der Waals surface area contributed by atoms with E-state index < -0.39 is 17.9 Å². The number of hydrogen-bond donors (Lipinski definition) is 1. The molecule has 0 atom stereocenters. The Morgan fingerprint density at radius 3 is 2.05 bits per heavy atom. The van der Waals surface area contributed by atoms with Gasteiger partial charge in [0.25, 0.3) is 0 Å². The second kappa shape index (κ2) is 10.1. The van der Waals surface area contributed by atoms with Gasteiger partial charge in [-0.05, 0) is 32.9 Å². The molecule has 1 N–H and O–H groups in total. The lowest BCUT2D eigenvalue weighted by Gasteiger charge is -2.13. The summed E-state index contributed by atoms with van der Waals surface area (Å²) in [7, 11) is 0. The smallest absolute Gasteiger partial charge is 0.320 e. The van der Waals surface area contributed by atoms with Gasteiger partial charge in [-0.3, -0.25) is 14.4 Å². The Balaban J connectivity index is 4.34. The quantitative estimate of drug-likeness (QED) is 0.529. The first-order chi connectivity index (χ1) is 9.02. The van der Waals surface area contributed by atoms with Gasteiger partial charge in [-0.2, -0.15) is 0 Å². The van der Waals surface area contributed by atoms with Gasteiger partial charge in [-0.1, -0.05) is 6.08 Å². The van der Waals surface area contributed by atoms with Gasteiger partial charge < -0.3 is 14.8 Å². The Morgan fingerprint density at radius 1 is 1.11 bits per heavy atom. The number of nitrogens with one attached hydrogen (secondary N) is 1. The van der Waals surface area contributed by atoms with Crippen LogP contribution in [0.4, 0.5) is 0 Å². The summed E-state index contributed by atoms with van der Waals surface area (Å²) in [5.41, 5.74) is 0. The van der Waals surface area contributed by atoms with E-state index in [1.54, 1.807) is 19.9 Å². The molecule has 0 aliphatic heterocycles. The minimum Gasteiger partial charge on any atom is -0.465 e. The topological polar surface area (TPSA) is 81.7 Å². The van der Waals surface area contributed by atoms with Crippen molar-refractivity contribution in [1.82, 2.24) is 5.32 Å². The summed E-state index contributed by atoms with van der Waals surface area (Å²) in [4.78, 5) is 33.8. The van der Waals surface area contributed by atoms with Crippen molar-refractivity contribution < 1.29 is 23.9 Å². The molecular weight excluding hydrogens is 250 g/mol. The number of carbonyl (C=O) groups is 3. The summed E-state index contributed by atoms with van der Waals surface area (Å²) < 4.78 is 9.67. The third kappa shape index (κ3) is 7.96. The van der Waals surface area contributed by atoms with E-state index >= 15 is 0 Å². The molecule has 0 fully saturated rings. The Bertz CT molecular complexity index is 320. The van der Waals surface area contributed by atoms with E-state index in [0.717, 1.165) is 0 Å². The zero-order chi connectivity index (χ0) is 14.7. The van der Waals surface area contributed by atoms with Crippen LogP contribution in [0.1, 0.15) is 33.6 Å². The zero-order valence-electron chi connectivity index (χ0n) is 11.6. The van der Waals surface area contributed by atoms with Crippen LogP contribution in [-0.2, 0) is 23.9 Å².